The van der Waals surface area contributed by atoms with Crippen molar-refractivity contribution in [2.75, 3.05) is 19.8 Å². The third-order valence-electron chi connectivity index (χ3n) is 6.23. The van der Waals surface area contributed by atoms with Crippen molar-refractivity contribution in [3.8, 4) is 0 Å². The van der Waals surface area contributed by atoms with E-state index < -0.39 is 24.2 Å². The van der Waals surface area contributed by atoms with E-state index in [1.54, 1.807) is 0 Å². The van der Waals surface area contributed by atoms with Crippen LogP contribution in [0.4, 0.5) is 4.79 Å². The maximum atomic E-state index is 13.2. The van der Waals surface area contributed by atoms with Gasteiger partial charge in [-0.1, -0.05) is 58.0 Å². The largest absolute Gasteiger partial charge is 0.445 e. The van der Waals surface area contributed by atoms with Crippen LogP contribution in [0.1, 0.15) is 66.9 Å². The fourth-order valence-corrected chi connectivity index (χ4v) is 4.02. The minimum absolute atomic E-state index is 0.0370. The maximum absolute atomic E-state index is 13.2. The van der Waals surface area contributed by atoms with Gasteiger partial charge in [0.25, 0.3) is 0 Å². The van der Waals surface area contributed by atoms with Crippen molar-refractivity contribution in [2.24, 2.45) is 11.8 Å². The van der Waals surface area contributed by atoms with Gasteiger partial charge in [-0.05, 0) is 51.0 Å². The van der Waals surface area contributed by atoms with Crippen molar-refractivity contribution in [3.05, 3.63) is 35.9 Å². The van der Waals surface area contributed by atoms with Gasteiger partial charge in [0.2, 0.25) is 11.8 Å². The van der Waals surface area contributed by atoms with Crippen LogP contribution in [0.2, 0.25) is 0 Å². The molecule has 10 nitrogen and oxygen atoms in total. The van der Waals surface area contributed by atoms with Gasteiger partial charge in [-0.2, -0.15) is 0 Å². The molecule has 3 atom stereocenters. The highest BCUT2D eigenvalue weighted by atomic mass is 16.7. The Balaban J connectivity index is 0.000000824. The van der Waals surface area contributed by atoms with E-state index in [-0.39, 0.29) is 36.5 Å². The van der Waals surface area contributed by atoms with Gasteiger partial charge in [-0.3, -0.25) is 9.59 Å². The second-order valence-electron chi connectivity index (χ2n) is 10.0. The van der Waals surface area contributed by atoms with Gasteiger partial charge in [0.05, 0.1) is 6.04 Å². The van der Waals surface area contributed by atoms with Crippen molar-refractivity contribution >= 4 is 24.2 Å². The van der Waals surface area contributed by atoms with Crippen LogP contribution >= 0.6 is 0 Å². The number of rotatable bonds is 13. The van der Waals surface area contributed by atoms with E-state index in [1.807, 2.05) is 78.8 Å². The van der Waals surface area contributed by atoms with E-state index in [0.717, 1.165) is 18.8 Å². The first-order valence-corrected chi connectivity index (χ1v) is 13.8. The van der Waals surface area contributed by atoms with Gasteiger partial charge in [0, 0.05) is 19.8 Å². The third-order valence-corrected chi connectivity index (χ3v) is 6.23. The Morgan fingerprint density at radius 1 is 0.974 bits per heavy atom. The first-order chi connectivity index (χ1) is 18.5. The Morgan fingerprint density at radius 3 is 2.10 bits per heavy atom. The summed E-state index contributed by atoms with van der Waals surface area (Å²) in [5, 5.41) is 5.38. The van der Waals surface area contributed by atoms with E-state index >= 15 is 0 Å². The molecular weight excluding hydrogens is 502 g/mol. The molecular formula is C29H47N3O7. The average molecular weight is 550 g/mol. The van der Waals surface area contributed by atoms with E-state index in [0.29, 0.717) is 25.7 Å². The maximum Gasteiger partial charge on any atom is 0.408 e. The topological polar surface area (TPSA) is 123 Å². The zero-order valence-electron chi connectivity index (χ0n) is 24.5. The number of hydrogen-bond donors (Lipinski definition) is 2. The molecule has 0 spiro atoms. The van der Waals surface area contributed by atoms with E-state index in [4.69, 9.17) is 14.2 Å². The van der Waals surface area contributed by atoms with Crippen molar-refractivity contribution in [3.63, 3.8) is 0 Å². The summed E-state index contributed by atoms with van der Waals surface area (Å²) in [5.41, 5.74) is 0.844. The summed E-state index contributed by atoms with van der Waals surface area (Å²) in [5.74, 6) is -0.904. The van der Waals surface area contributed by atoms with Crippen LogP contribution in [-0.2, 0) is 35.2 Å². The lowest BCUT2D eigenvalue weighted by atomic mass is 10.0. The number of carbonyl (C=O) groups excluding carboxylic acids is 4. The number of carbonyl (C=O) groups is 4. The molecule has 10 heteroatoms. The molecule has 220 valence electrons. The molecule has 1 aromatic carbocycles. The zero-order valence-corrected chi connectivity index (χ0v) is 24.5. The molecule has 1 heterocycles. The van der Waals surface area contributed by atoms with Crippen LogP contribution in [0.3, 0.4) is 0 Å². The second-order valence-corrected chi connectivity index (χ2v) is 10.0. The molecule has 1 aromatic rings. The number of nitrogens with one attached hydrogen (secondary N) is 2. The highest BCUT2D eigenvalue weighted by molar-refractivity contribution is 5.92. The summed E-state index contributed by atoms with van der Waals surface area (Å²) < 4.78 is 15.4. The first kappa shape index (κ1) is 34.0. The summed E-state index contributed by atoms with van der Waals surface area (Å²) in [6.45, 7) is 15.1. The number of hydrogen-bond acceptors (Lipinski definition) is 7. The summed E-state index contributed by atoms with van der Waals surface area (Å²) in [6.07, 6.45) is 1.19. The van der Waals surface area contributed by atoms with Gasteiger partial charge >= 0.3 is 6.09 Å². The lowest BCUT2D eigenvalue weighted by Gasteiger charge is -2.31. The lowest BCUT2D eigenvalue weighted by molar-refractivity contribution is -0.141. The van der Waals surface area contributed by atoms with Crippen LogP contribution in [0.15, 0.2) is 30.3 Å². The van der Waals surface area contributed by atoms with E-state index in [1.165, 1.54) is 4.90 Å². The number of nitrogens with zero attached hydrogens (tertiary/aromatic N) is 1. The highest BCUT2D eigenvalue weighted by Gasteiger charge is 2.39. The fraction of sp³-hybridized carbons (Fsp3) is 0.655. The molecule has 2 N–H and O–H groups in total. The summed E-state index contributed by atoms with van der Waals surface area (Å²) in [4.78, 5) is 51.0. The molecule has 1 aliphatic heterocycles. The number of amides is 3. The second kappa shape index (κ2) is 18.3. The Bertz CT molecular complexity index is 873. The molecule has 0 aromatic heterocycles. The van der Waals surface area contributed by atoms with Crippen molar-refractivity contribution < 1.29 is 33.4 Å². The minimum Gasteiger partial charge on any atom is -0.445 e. The van der Waals surface area contributed by atoms with Gasteiger partial charge in [0.1, 0.15) is 25.0 Å². The lowest BCUT2D eigenvalue weighted by Crippen LogP contribution is -2.56. The predicted octanol–water partition coefficient (Wildman–Crippen LogP) is 3.67. The van der Waals surface area contributed by atoms with Crippen LogP contribution in [0, 0.1) is 11.8 Å². The van der Waals surface area contributed by atoms with Gasteiger partial charge < -0.3 is 34.5 Å². The van der Waals surface area contributed by atoms with Crippen molar-refractivity contribution in [2.45, 2.75) is 92.3 Å². The minimum atomic E-state index is -0.816. The van der Waals surface area contributed by atoms with Gasteiger partial charge in [-0.15, -0.1) is 0 Å². The quantitative estimate of drug-likeness (QED) is 0.284. The monoisotopic (exact) mass is 549 g/mol. The van der Waals surface area contributed by atoms with Crippen LogP contribution in [-0.4, -0.2) is 73.3 Å². The molecule has 0 aliphatic carbocycles. The molecule has 3 amide bonds. The molecule has 39 heavy (non-hydrogen) atoms. The number of alkyl carbamates (subject to hydrolysis) is 1. The number of ether oxygens (including phenoxy) is 3. The number of aldehydes is 1. The molecule has 0 bridgehead atoms. The highest BCUT2D eigenvalue weighted by Crippen LogP contribution is 2.21. The summed E-state index contributed by atoms with van der Waals surface area (Å²) >= 11 is 0. The zero-order chi connectivity index (χ0) is 29.4. The van der Waals surface area contributed by atoms with E-state index in [2.05, 4.69) is 10.6 Å². The Morgan fingerprint density at radius 2 is 1.59 bits per heavy atom. The molecule has 1 aliphatic rings. The molecule has 1 fully saturated rings. The third kappa shape index (κ3) is 12.2. The standard InChI is InChI=1S/C23H33N3O5.C6H14O2/c1-15(2)18(13-27)24-21(28)19-11-8-12-26(19)22(29)20(16(3)4)25-23(30)31-14-17-9-6-5-7-10-17;1-4-7-6(3)8-5-2/h5-7,9-10,13,15-16,18-20H,8,11-12,14H2,1-4H3,(H,24,28)(H,25,30);6H,4-5H2,1-3H3/t18-,19+,20+;/m1./s1. The summed E-state index contributed by atoms with van der Waals surface area (Å²) in [7, 11) is 0. The Kier molecular flexibility index (Phi) is 16.0. The Labute approximate surface area is 233 Å². The molecule has 1 saturated heterocycles. The molecule has 0 radical (unpaired) electrons. The number of likely N-dealkylation sites (tertiary alicyclic amines) is 1. The smallest absolute Gasteiger partial charge is 0.408 e. The van der Waals surface area contributed by atoms with Gasteiger partial charge in [0.15, 0.2) is 6.29 Å². The SMILES string of the molecule is CC(C)[C@H](NC(=O)OCc1ccccc1)C(=O)N1CCC[C@H]1C(=O)N[C@H](C=O)C(C)C.CCOC(C)OCC. The fourth-order valence-electron chi connectivity index (χ4n) is 4.02. The molecule has 0 unspecified atom stereocenters. The van der Waals surface area contributed by atoms with Crippen LogP contribution in [0.5, 0.6) is 0 Å². The first-order valence-electron chi connectivity index (χ1n) is 13.8. The van der Waals surface area contributed by atoms with Crippen LogP contribution < -0.4 is 10.6 Å². The molecule has 2 rings (SSSR count). The van der Waals surface area contributed by atoms with Gasteiger partial charge in [-0.25, -0.2) is 4.79 Å². The predicted molar refractivity (Wildman–Crippen MR) is 149 cm³/mol. The summed E-state index contributed by atoms with van der Waals surface area (Å²) in [6, 6.07) is 7.19. The van der Waals surface area contributed by atoms with E-state index in [9.17, 15) is 19.2 Å². The number of benzene rings is 1. The van der Waals surface area contributed by atoms with Crippen LogP contribution in [0.25, 0.3) is 0 Å². The normalized spacial score (nSPS) is 16.4. The van der Waals surface area contributed by atoms with Crippen molar-refractivity contribution in [1.82, 2.24) is 15.5 Å². The Hall–Kier alpha value is -2.98. The average Bonchev–Trinajstić information content (AvgIpc) is 3.40. The molecule has 0 saturated carbocycles. The van der Waals surface area contributed by atoms with Crippen molar-refractivity contribution in [1.29, 1.82) is 0 Å².